The molecule has 0 spiro atoms. The molecule has 6 nitrogen and oxygen atoms in total. The van der Waals surface area contributed by atoms with Crippen LogP contribution in [-0.4, -0.2) is 26.0 Å². The van der Waals surface area contributed by atoms with Gasteiger partial charge in [-0.25, -0.2) is 9.78 Å². The Bertz CT molecular complexity index is 789. The van der Waals surface area contributed by atoms with Crippen LogP contribution in [0.5, 0.6) is 0 Å². The maximum atomic E-state index is 10.8. The van der Waals surface area contributed by atoms with E-state index in [1.54, 1.807) is 6.20 Å². The molecule has 2 aromatic heterocycles. The fourth-order valence-corrected chi connectivity index (χ4v) is 1.82. The fourth-order valence-electron chi connectivity index (χ4n) is 1.82. The average Bonchev–Trinajstić information content (AvgIpc) is 2.47. The molecular formula is C14H10N4O2. The van der Waals surface area contributed by atoms with Crippen LogP contribution in [0.25, 0.3) is 10.9 Å². The molecule has 0 atom stereocenters. The highest BCUT2D eigenvalue weighted by Gasteiger charge is 2.06. The van der Waals surface area contributed by atoms with Crippen molar-refractivity contribution < 1.29 is 9.90 Å². The minimum atomic E-state index is -1.11. The molecule has 0 fully saturated rings. The summed E-state index contributed by atoms with van der Waals surface area (Å²) in [4.78, 5) is 22.9. The summed E-state index contributed by atoms with van der Waals surface area (Å²) in [5.41, 5.74) is 1.51. The van der Waals surface area contributed by atoms with Crippen LogP contribution in [0.2, 0.25) is 0 Å². The van der Waals surface area contributed by atoms with Crippen molar-refractivity contribution in [1.29, 1.82) is 0 Å². The SMILES string of the molecule is O=C(O)c1cncc(Nc2cnc3ccccc3c2)n1. The zero-order valence-corrected chi connectivity index (χ0v) is 10.3. The topological polar surface area (TPSA) is 88.0 Å². The van der Waals surface area contributed by atoms with Gasteiger partial charge in [0.2, 0.25) is 0 Å². The molecule has 0 saturated heterocycles. The largest absolute Gasteiger partial charge is 0.476 e. The summed E-state index contributed by atoms with van der Waals surface area (Å²) >= 11 is 0. The van der Waals surface area contributed by atoms with Crippen LogP contribution < -0.4 is 5.32 Å². The van der Waals surface area contributed by atoms with Gasteiger partial charge in [0.15, 0.2) is 5.69 Å². The quantitative estimate of drug-likeness (QED) is 0.757. The first-order chi connectivity index (χ1) is 9.72. The van der Waals surface area contributed by atoms with Gasteiger partial charge in [-0.05, 0) is 12.1 Å². The molecule has 20 heavy (non-hydrogen) atoms. The average molecular weight is 266 g/mol. The maximum absolute atomic E-state index is 10.8. The number of aromatic nitrogens is 3. The standard InChI is InChI=1S/C14H10N4O2/c19-14(20)12-7-15-8-13(18-12)17-10-5-9-3-1-2-4-11(9)16-6-10/h1-8H,(H,17,18)(H,19,20). The number of hydrogen-bond acceptors (Lipinski definition) is 5. The van der Waals surface area contributed by atoms with E-state index in [4.69, 9.17) is 5.11 Å². The van der Waals surface area contributed by atoms with Crippen LogP contribution in [-0.2, 0) is 0 Å². The van der Waals surface area contributed by atoms with E-state index in [0.717, 1.165) is 16.6 Å². The van der Waals surface area contributed by atoms with E-state index >= 15 is 0 Å². The summed E-state index contributed by atoms with van der Waals surface area (Å²) in [5.74, 6) is -0.750. The van der Waals surface area contributed by atoms with Crippen molar-refractivity contribution in [1.82, 2.24) is 15.0 Å². The number of anilines is 2. The predicted octanol–water partition coefficient (Wildman–Crippen LogP) is 2.47. The monoisotopic (exact) mass is 266 g/mol. The van der Waals surface area contributed by atoms with Crippen LogP contribution in [0, 0.1) is 0 Å². The van der Waals surface area contributed by atoms with E-state index in [-0.39, 0.29) is 5.69 Å². The summed E-state index contributed by atoms with van der Waals surface area (Å²) < 4.78 is 0. The van der Waals surface area contributed by atoms with E-state index in [1.165, 1.54) is 12.4 Å². The third-order valence-electron chi connectivity index (χ3n) is 2.72. The molecule has 0 aliphatic rings. The van der Waals surface area contributed by atoms with Crippen LogP contribution in [0.15, 0.2) is 48.9 Å². The molecular weight excluding hydrogens is 256 g/mol. The van der Waals surface area contributed by atoms with Crippen LogP contribution in [0.4, 0.5) is 11.5 Å². The Morgan fingerprint density at radius 2 is 2.00 bits per heavy atom. The number of benzene rings is 1. The third-order valence-corrected chi connectivity index (χ3v) is 2.72. The van der Waals surface area contributed by atoms with Gasteiger partial charge in [0.25, 0.3) is 0 Å². The summed E-state index contributed by atoms with van der Waals surface area (Å²) in [6.07, 6.45) is 4.32. The molecule has 0 aliphatic carbocycles. The second-order valence-electron chi connectivity index (χ2n) is 4.14. The van der Waals surface area contributed by atoms with Gasteiger partial charge < -0.3 is 10.4 Å². The normalized spacial score (nSPS) is 10.4. The van der Waals surface area contributed by atoms with Gasteiger partial charge in [0, 0.05) is 5.39 Å². The highest BCUT2D eigenvalue weighted by molar-refractivity contribution is 5.85. The molecule has 0 aliphatic heterocycles. The fraction of sp³-hybridized carbons (Fsp3) is 0. The van der Waals surface area contributed by atoms with Gasteiger partial charge >= 0.3 is 5.97 Å². The maximum Gasteiger partial charge on any atom is 0.356 e. The molecule has 3 rings (SSSR count). The number of nitrogens with zero attached hydrogens (tertiary/aromatic N) is 3. The second kappa shape index (κ2) is 4.93. The molecule has 6 heteroatoms. The first-order valence-electron chi connectivity index (χ1n) is 5.89. The molecule has 3 aromatic rings. The van der Waals surface area contributed by atoms with Crippen molar-refractivity contribution >= 4 is 28.4 Å². The summed E-state index contributed by atoms with van der Waals surface area (Å²) in [6, 6.07) is 9.64. The molecule has 0 bridgehead atoms. The summed E-state index contributed by atoms with van der Waals surface area (Å²) in [7, 11) is 0. The highest BCUT2D eigenvalue weighted by atomic mass is 16.4. The van der Waals surface area contributed by atoms with Crippen LogP contribution in [0.3, 0.4) is 0 Å². The lowest BCUT2D eigenvalue weighted by molar-refractivity contribution is 0.0690. The molecule has 0 saturated carbocycles. The summed E-state index contributed by atoms with van der Waals surface area (Å²) in [6.45, 7) is 0. The van der Waals surface area contributed by atoms with Crippen molar-refractivity contribution in [2.45, 2.75) is 0 Å². The summed E-state index contributed by atoms with van der Waals surface area (Å²) in [5, 5.41) is 12.9. The Kier molecular flexibility index (Phi) is 2.96. The number of fused-ring (bicyclic) bond motifs is 1. The number of nitrogens with one attached hydrogen (secondary N) is 1. The Hall–Kier alpha value is -3.02. The van der Waals surface area contributed by atoms with Gasteiger partial charge in [0.1, 0.15) is 5.82 Å². The lowest BCUT2D eigenvalue weighted by Crippen LogP contribution is -2.04. The predicted molar refractivity (Wildman–Crippen MR) is 74.0 cm³/mol. The minimum absolute atomic E-state index is 0.108. The molecule has 1 aromatic carbocycles. The molecule has 0 unspecified atom stereocenters. The van der Waals surface area contributed by atoms with Gasteiger partial charge in [-0.15, -0.1) is 0 Å². The molecule has 2 N–H and O–H groups in total. The molecule has 0 amide bonds. The van der Waals surface area contributed by atoms with Crippen molar-refractivity contribution in [3.63, 3.8) is 0 Å². The number of carboxylic acids is 1. The zero-order valence-electron chi connectivity index (χ0n) is 10.3. The van der Waals surface area contributed by atoms with Gasteiger partial charge in [-0.1, -0.05) is 18.2 Å². The number of carboxylic acid groups (broad SMARTS) is 1. The zero-order chi connectivity index (χ0) is 13.9. The number of pyridine rings is 1. The Morgan fingerprint density at radius 1 is 1.15 bits per heavy atom. The van der Waals surface area contributed by atoms with Crippen molar-refractivity contribution in [3.05, 3.63) is 54.6 Å². The van der Waals surface area contributed by atoms with Gasteiger partial charge in [-0.2, -0.15) is 0 Å². The first kappa shape index (κ1) is 12.0. The lowest BCUT2D eigenvalue weighted by Gasteiger charge is -2.06. The number of para-hydroxylation sites is 1. The van der Waals surface area contributed by atoms with Gasteiger partial charge in [0.05, 0.1) is 29.8 Å². The van der Waals surface area contributed by atoms with Gasteiger partial charge in [-0.3, -0.25) is 9.97 Å². The van der Waals surface area contributed by atoms with E-state index < -0.39 is 5.97 Å². The number of rotatable bonds is 3. The third kappa shape index (κ3) is 2.39. The number of aromatic carboxylic acids is 1. The lowest BCUT2D eigenvalue weighted by atomic mass is 10.2. The molecule has 2 heterocycles. The van der Waals surface area contributed by atoms with Crippen molar-refractivity contribution in [2.24, 2.45) is 0 Å². The molecule has 98 valence electrons. The molecule has 0 radical (unpaired) electrons. The Labute approximate surface area is 114 Å². The number of carbonyl (C=O) groups is 1. The van der Waals surface area contributed by atoms with E-state index in [1.807, 2.05) is 30.3 Å². The van der Waals surface area contributed by atoms with Crippen LogP contribution >= 0.6 is 0 Å². The van der Waals surface area contributed by atoms with Crippen LogP contribution in [0.1, 0.15) is 10.5 Å². The van der Waals surface area contributed by atoms with E-state index in [9.17, 15) is 4.79 Å². The first-order valence-corrected chi connectivity index (χ1v) is 5.89. The Balaban J connectivity index is 1.92. The van der Waals surface area contributed by atoms with E-state index in [0.29, 0.717) is 5.82 Å². The minimum Gasteiger partial charge on any atom is -0.476 e. The smallest absolute Gasteiger partial charge is 0.356 e. The van der Waals surface area contributed by atoms with Crippen molar-refractivity contribution in [3.8, 4) is 0 Å². The number of hydrogen-bond donors (Lipinski definition) is 2. The highest BCUT2D eigenvalue weighted by Crippen LogP contribution is 2.18. The second-order valence-corrected chi connectivity index (χ2v) is 4.14. The Morgan fingerprint density at radius 3 is 2.85 bits per heavy atom. The van der Waals surface area contributed by atoms with E-state index in [2.05, 4.69) is 20.3 Å². The van der Waals surface area contributed by atoms with Crippen molar-refractivity contribution in [2.75, 3.05) is 5.32 Å².